The number of ether oxygens (including phenoxy) is 4. The Morgan fingerprint density at radius 3 is 1.20 bits per heavy atom. The van der Waals surface area contributed by atoms with Crippen LogP contribution in [0.25, 0.3) is 11.1 Å². The zero-order chi connectivity index (χ0) is 40.5. The fourth-order valence-electron chi connectivity index (χ4n) is 6.13. The molecular formula is C42H46N4O10. The average molecular weight is 767 g/mol. The summed E-state index contributed by atoms with van der Waals surface area (Å²) in [6, 6.07) is 30.4. The molecule has 4 aromatic rings. The van der Waals surface area contributed by atoms with Gasteiger partial charge in [-0.15, -0.1) is 0 Å². The molecule has 4 rings (SSSR count). The molecule has 0 heterocycles. The highest BCUT2D eigenvalue weighted by Crippen LogP contribution is 2.36. The second-order valence-corrected chi connectivity index (χ2v) is 12.6. The number of amides is 4. The molecule has 0 unspecified atom stereocenters. The van der Waals surface area contributed by atoms with Gasteiger partial charge in [-0.1, -0.05) is 97.1 Å². The molecule has 0 aliphatic carbocycles. The molecule has 0 radical (unpaired) electrons. The van der Waals surface area contributed by atoms with Crippen molar-refractivity contribution in [1.82, 2.24) is 9.80 Å². The van der Waals surface area contributed by atoms with Crippen LogP contribution < -0.4 is 20.9 Å². The van der Waals surface area contributed by atoms with Gasteiger partial charge in [-0.2, -0.15) is 0 Å². The third-order valence-corrected chi connectivity index (χ3v) is 8.85. The maximum absolute atomic E-state index is 12.9. The van der Waals surface area contributed by atoms with E-state index in [4.69, 9.17) is 30.4 Å². The number of nitrogens with zero attached hydrogens (tertiary/aromatic N) is 2. The van der Waals surface area contributed by atoms with E-state index in [-0.39, 0.29) is 52.0 Å². The van der Waals surface area contributed by atoms with Crippen LogP contribution in [0.5, 0.6) is 11.5 Å². The van der Waals surface area contributed by atoms with Crippen molar-refractivity contribution >= 4 is 35.6 Å². The Hall–Kier alpha value is -6.70. The minimum Gasteiger partial charge on any atom is -0.493 e. The van der Waals surface area contributed by atoms with Crippen molar-refractivity contribution in [1.29, 1.82) is 0 Å². The van der Waals surface area contributed by atoms with Crippen LogP contribution in [0, 0.1) is 0 Å². The van der Waals surface area contributed by atoms with Crippen molar-refractivity contribution in [2.75, 3.05) is 40.5 Å². The van der Waals surface area contributed by atoms with E-state index in [1.165, 1.54) is 14.2 Å². The largest absolute Gasteiger partial charge is 0.493 e. The third kappa shape index (κ3) is 11.6. The fraction of sp³-hybridized carbons (Fsp3) is 0.286. The molecule has 4 N–H and O–H groups in total. The standard InChI is InChI=1S/C42H46N4O10/c1-53-41(51)33(27-29-15-5-3-6-16-29)45(39(49)37(43)47)23-13-25-55-35-21-11-9-19-31(35)32-20-10-12-22-36(32)56-26-14-24-46(40(50)38(44)48)34(42(52)54-2)28-30-17-7-4-8-18-30/h3-12,15-22,33-34H,13-14,23-28H2,1-2H3,(H2,43,47)(H2,44,48)/t33-,34-/m0/s1. The molecule has 0 aromatic heterocycles. The first-order chi connectivity index (χ1) is 27.0. The van der Waals surface area contributed by atoms with Crippen LogP contribution in [-0.4, -0.2) is 98.0 Å². The van der Waals surface area contributed by atoms with Crippen molar-refractivity contribution in [2.45, 2.75) is 37.8 Å². The van der Waals surface area contributed by atoms with E-state index in [1.54, 1.807) is 72.8 Å². The second-order valence-electron chi connectivity index (χ2n) is 12.6. The minimum atomic E-state index is -1.20. The van der Waals surface area contributed by atoms with Gasteiger partial charge in [-0.3, -0.25) is 19.2 Å². The third-order valence-electron chi connectivity index (χ3n) is 8.85. The molecular weight excluding hydrogens is 720 g/mol. The Kier molecular flexibility index (Phi) is 16.0. The Morgan fingerprint density at radius 2 is 0.857 bits per heavy atom. The first-order valence-corrected chi connectivity index (χ1v) is 17.9. The number of para-hydroxylation sites is 2. The molecule has 0 saturated heterocycles. The van der Waals surface area contributed by atoms with Crippen molar-refractivity contribution < 1.29 is 47.7 Å². The van der Waals surface area contributed by atoms with Crippen LogP contribution in [0.1, 0.15) is 24.0 Å². The number of hydrogen-bond acceptors (Lipinski definition) is 10. The first-order valence-electron chi connectivity index (χ1n) is 17.9. The van der Waals surface area contributed by atoms with Crippen LogP contribution in [-0.2, 0) is 51.1 Å². The lowest BCUT2D eigenvalue weighted by Crippen LogP contribution is -2.51. The number of primary amides is 2. The number of hydrogen-bond donors (Lipinski definition) is 2. The highest BCUT2D eigenvalue weighted by atomic mass is 16.5. The quantitative estimate of drug-likeness (QED) is 0.0813. The van der Waals surface area contributed by atoms with Crippen LogP contribution in [0.3, 0.4) is 0 Å². The fourth-order valence-corrected chi connectivity index (χ4v) is 6.13. The molecule has 0 spiro atoms. The minimum absolute atomic E-state index is 0.0201. The van der Waals surface area contributed by atoms with Gasteiger partial charge in [0.1, 0.15) is 23.6 Å². The number of methoxy groups -OCH3 is 2. The van der Waals surface area contributed by atoms with Crippen molar-refractivity contribution in [2.24, 2.45) is 11.5 Å². The van der Waals surface area contributed by atoms with Gasteiger partial charge in [0, 0.05) is 37.1 Å². The summed E-state index contributed by atoms with van der Waals surface area (Å²) in [7, 11) is 2.42. The Morgan fingerprint density at radius 1 is 0.518 bits per heavy atom. The van der Waals surface area contributed by atoms with E-state index in [0.717, 1.165) is 20.9 Å². The molecule has 0 fully saturated rings. The zero-order valence-electron chi connectivity index (χ0n) is 31.3. The maximum atomic E-state index is 12.9. The molecule has 2 atom stereocenters. The molecule has 0 aliphatic rings. The molecule has 4 aromatic carbocycles. The molecule has 0 aliphatic heterocycles. The van der Waals surface area contributed by atoms with Crippen LogP contribution in [0.4, 0.5) is 0 Å². The summed E-state index contributed by atoms with van der Waals surface area (Å²) in [5.74, 6) is -4.78. The monoisotopic (exact) mass is 766 g/mol. The van der Waals surface area contributed by atoms with E-state index >= 15 is 0 Å². The maximum Gasteiger partial charge on any atom is 0.328 e. The Balaban J connectivity index is 1.44. The van der Waals surface area contributed by atoms with E-state index < -0.39 is 47.7 Å². The topological polar surface area (TPSA) is 198 Å². The highest BCUT2D eigenvalue weighted by Gasteiger charge is 2.34. The van der Waals surface area contributed by atoms with Crippen LogP contribution >= 0.6 is 0 Å². The normalized spacial score (nSPS) is 11.7. The molecule has 14 heteroatoms. The van der Waals surface area contributed by atoms with Gasteiger partial charge in [0.15, 0.2) is 0 Å². The number of nitrogens with two attached hydrogens (primary N) is 2. The van der Waals surface area contributed by atoms with Crippen molar-refractivity contribution in [3.63, 3.8) is 0 Å². The van der Waals surface area contributed by atoms with Gasteiger partial charge < -0.3 is 40.2 Å². The number of esters is 2. The zero-order valence-corrected chi connectivity index (χ0v) is 31.3. The summed E-state index contributed by atoms with van der Waals surface area (Å²) in [6.45, 7) is 0.174. The Bertz CT molecular complexity index is 1820. The van der Waals surface area contributed by atoms with Gasteiger partial charge >= 0.3 is 35.6 Å². The predicted octanol–water partition coefficient (Wildman–Crippen LogP) is 3.09. The lowest BCUT2D eigenvalue weighted by molar-refractivity contribution is -0.155. The summed E-state index contributed by atoms with van der Waals surface area (Å²) >= 11 is 0. The summed E-state index contributed by atoms with van der Waals surface area (Å²) in [6.07, 6.45) is 0.717. The second kappa shape index (κ2) is 21.3. The molecule has 14 nitrogen and oxygen atoms in total. The smallest absolute Gasteiger partial charge is 0.328 e. The van der Waals surface area contributed by atoms with E-state index in [1.807, 2.05) is 36.4 Å². The highest BCUT2D eigenvalue weighted by molar-refractivity contribution is 6.35. The van der Waals surface area contributed by atoms with Crippen molar-refractivity contribution in [3.8, 4) is 22.6 Å². The average Bonchev–Trinajstić information content (AvgIpc) is 3.22. The summed E-state index contributed by atoms with van der Waals surface area (Å²) in [5.41, 5.74) is 13.7. The lowest BCUT2D eigenvalue weighted by Gasteiger charge is -2.29. The van der Waals surface area contributed by atoms with Gasteiger partial charge in [0.2, 0.25) is 0 Å². The molecule has 0 saturated carbocycles. The first kappa shape index (κ1) is 42.0. The van der Waals surface area contributed by atoms with E-state index in [2.05, 4.69) is 0 Å². The van der Waals surface area contributed by atoms with Crippen LogP contribution in [0.15, 0.2) is 109 Å². The summed E-state index contributed by atoms with van der Waals surface area (Å²) in [4.78, 5) is 77.7. The van der Waals surface area contributed by atoms with Crippen LogP contribution in [0.2, 0.25) is 0 Å². The predicted molar refractivity (Wildman–Crippen MR) is 206 cm³/mol. The summed E-state index contributed by atoms with van der Waals surface area (Å²) < 4.78 is 22.3. The van der Waals surface area contributed by atoms with E-state index in [9.17, 15) is 28.8 Å². The molecule has 56 heavy (non-hydrogen) atoms. The molecule has 4 amide bonds. The molecule has 294 valence electrons. The lowest BCUT2D eigenvalue weighted by atomic mass is 10.0. The summed E-state index contributed by atoms with van der Waals surface area (Å²) in [5, 5.41) is 0. The van der Waals surface area contributed by atoms with Gasteiger partial charge in [-0.05, 0) is 36.1 Å². The van der Waals surface area contributed by atoms with Gasteiger partial charge in [-0.25, -0.2) is 9.59 Å². The molecule has 0 bridgehead atoms. The number of carbonyl (C=O) groups is 6. The Labute approximate surface area is 325 Å². The SMILES string of the molecule is COC(=O)[C@H](Cc1ccccc1)N(CCCOc1ccccc1-c1ccccc1OCCCN(C(=O)C(N)=O)[C@@H](Cc1ccccc1)C(=O)OC)C(=O)C(N)=O. The van der Waals surface area contributed by atoms with Crippen molar-refractivity contribution in [3.05, 3.63) is 120 Å². The van der Waals surface area contributed by atoms with E-state index in [0.29, 0.717) is 22.6 Å². The number of rotatable bonds is 19. The number of benzene rings is 4. The number of carbonyl (C=O) groups excluding carboxylic acids is 6. The van der Waals surface area contributed by atoms with Gasteiger partial charge in [0.05, 0.1) is 27.4 Å². The van der Waals surface area contributed by atoms with Gasteiger partial charge in [0.25, 0.3) is 0 Å².